The van der Waals surface area contributed by atoms with Crippen LogP contribution in [0.15, 0.2) is 73.3 Å². The van der Waals surface area contributed by atoms with Gasteiger partial charge in [-0.3, -0.25) is 0 Å². The van der Waals surface area contributed by atoms with Gasteiger partial charge in [-0.15, -0.1) is 0 Å². The lowest BCUT2D eigenvalue weighted by molar-refractivity contribution is 0.145. The SMILES string of the molecule is CN(c1ccccc1)c1ccc(CN[C@@H]2CC(Cn3ccnc3)C[C@H]2O)cc1. The third-order valence-corrected chi connectivity index (χ3v) is 5.69. The molecule has 146 valence electrons. The summed E-state index contributed by atoms with van der Waals surface area (Å²) in [5.41, 5.74) is 3.57. The lowest BCUT2D eigenvalue weighted by Crippen LogP contribution is -2.35. The first-order valence-electron chi connectivity index (χ1n) is 9.94. The second-order valence-electron chi connectivity index (χ2n) is 7.71. The number of aliphatic hydroxyl groups is 1. The highest BCUT2D eigenvalue weighted by molar-refractivity contribution is 5.62. The Bertz CT molecular complexity index is 848. The van der Waals surface area contributed by atoms with Crippen molar-refractivity contribution in [2.75, 3.05) is 11.9 Å². The maximum atomic E-state index is 10.4. The minimum absolute atomic E-state index is 0.153. The molecule has 28 heavy (non-hydrogen) atoms. The molecule has 3 aromatic rings. The molecule has 4 rings (SSSR count). The van der Waals surface area contributed by atoms with Crippen molar-refractivity contribution in [1.82, 2.24) is 14.9 Å². The highest BCUT2D eigenvalue weighted by atomic mass is 16.3. The van der Waals surface area contributed by atoms with Crippen molar-refractivity contribution in [3.05, 3.63) is 78.9 Å². The average Bonchev–Trinajstić information content (AvgIpc) is 3.36. The fraction of sp³-hybridized carbons (Fsp3) is 0.348. The lowest BCUT2D eigenvalue weighted by Gasteiger charge is -2.20. The highest BCUT2D eigenvalue weighted by Gasteiger charge is 2.32. The second-order valence-corrected chi connectivity index (χ2v) is 7.71. The maximum Gasteiger partial charge on any atom is 0.0945 e. The van der Waals surface area contributed by atoms with Gasteiger partial charge >= 0.3 is 0 Å². The van der Waals surface area contributed by atoms with Gasteiger partial charge in [-0.2, -0.15) is 0 Å². The third kappa shape index (κ3) is 4.43. The van der Waals surface area contributed by atoms with Gasteiger partial charge in [-0.1, -0.05) is 30.3 Å². The Morgan fingerprint density at radius 2 is 1.82 bits per heavy atom. The number of imidazole rings is 1. The summed E-state index contributed by atoms with van der Waals surface area (Å²) in [6, 6.07) is 19.1. The molecule has 2 N–H and O–H groups in total. The summed E-state index contributed by atoms with van der Waals surface area (Å²) in [5.74, 6) is 0.489. The van der Waals surface area contributed by atoms with E-state index in [-0.39, 0.29) is 12.1 Å². The number of aliphatic hydroxyl groups excluding tert-OH is 1. The third-order valence-electron chi connectivity index (χ3n) is 5.69. The summed E-state index contributed by atoms with van der Waals surface area (Å²) in [6.07, 6.45) is 7.20. The number of aromatic nitrogens is 2. The van der Waals surface area contributed by atoms with Crippen LogP contribution in [0.3, 0.4) is 0 Å². The van der Waals surface area contributed by atoms with Crippen LogP contribution in [0, 0.1) is 5.92 Å². The highest BCUT2D eigenvalue weighted by Crippen LogP contribution is 2.28. The molecule has 1 aliphatic rings. The monoisotopic (exact) mass is 376 g/mol. The number of benzene rings is 2. The average molecular weight is 377 g/mol. The zero-order valence-electron chi connectivity index (χ0n) is 16.3. The van der Waals surface area contributed by atoms with Gasteiger partial charge in [0.2, 0.25) is 0 Å². The first kappa shape index (κ1) is 18.7. The summed E-state index contributed by atoms with van der Waals surface area (Å²) >= 11 is 0. The van der Waals surface area contributed by atoms with Gasteiger partial charge in [0.25, 0.3) is 0 Å². The van der Waals surface area contributed by atoms with Gasteiger partial charge < -0.3 is 19.9 Å². The fourth-order valence-corrected chi connectivity index (χ4v) is 4.07. The van der Waals surface area contributed by atoms with Crippen molar-refractivity contribution in [2.45, 2.75) is 38.1 Å². The lowest BCUT2D eigenvalue weighted by atomic mass is 10.1. The zero-order chi connectivity index (χ0) is 19.3. The van der Waals surface area contributed by atoms with E-state index in [2.05, 4.69) is 75.3 Å². The number of anilines is 2. The Balaban J connectivity index is 1.30. The van der Waals surface area contributed by atoms with E-state index in [9.17, 15) is 5.11 Å². The van der Waals surface area contributed by atoms with Crippen molar-refractivity contribution >= 4 is 11.4 Å². The molecule has 1 heterocycles. The van der Waals surface area contributed by atoms with Gasteiger partial charge in [0.15, 0.2) is 0 Å². The van der Waals surface area contributed by atoms with E-state index < -0.39 is 0 Å². The smallest absolute Gasteiger partial charge is 0.0945 e. The Labute approximate surface area is 166 Å². The molecule has 0 amide bonds. The number of hydrogen-bond donors (Lipinski definition) is 2. The van der Waals surface area contributed by atoms with E-state index in [0.717, 1.165) is 31.6 Å². The van der Waals surface area contributed by atoms with E-state index in [1.165, 1.54) is 11.3 Å². The van der Waals surface area contributed by atoms with E-state index in [0.29, 0.717) is 5.92 Å². The van der Waals surface area contributed by atoms with Crippen molar-refractivity contribution in [3.8, 4) is 0 Å². The molecule has 0 saturated heterocycles. The van der Waals surface area contributed by atoms with Crippen molar-refractivity contribution < 1.29 is 5.11 Å². The van der Waals surface area contributed by atoms with Crippen molar-refractivity contribution in [2.24, 2.45) is 5.92 Å². The summed E-state index contributed by atoms with van der Waals surface area (Å²) in [6.45, 7) is 1.70. The molecule has 0 aliphatic heterocycles. The number of nitrogens with one attached hydrogen (secondary N) is 1. The molecule has 1 aliphatic carbocycles. The van der Waals surface area contributed by atoms with Crippen LogP contribution >= 0.6 is 0 Å². The number of nitrogens with zero attached hydrogens (tertiary/aromatic N) is 3. The van der Waals surface area contributed by atoms with E-state index in [1.807, 2.05) is 18.6 Å². The molecular formula is C23H28N4O. The predicted molar refractivity (Wildman–Crippen MR) is 113 cm³/mol. The molecule has 1 fully saturated rings. The van der Waals surface area contributed by atoms with Gasteiger partial charge in [-0.25, -0.2) is 4.98 Å². The van der Waals surface area contributed by atoms with Crippen LogP contribution in [0.1, 0.15) is 18.4 Å². The van der Waals surface area contributed by atoms with E-state index in [4.69, 9.17) is 0 Å². The molecule has 1 unspecified atom stereocenters. The van der Waals surface area contributed by atoms with Crippen LogP contribution in [0.2, 0.25) is 0 Å². The minimum atomic E-state index is -0.281. The van der Waals surface area contributed by atoms with Crippen LogP contribution in [0.25, 0.3) is 0 Å². The normalized spacial score (nSPS) is 21.7. The fourth-order valence-electron chi connectivity index (χ4n) is 4.07. The molecule has 3 atom stereocenters. The summed E-state index contributed by atoms with van der Waals surface area (Å²) in [4.78, 5) is 6.28. The van der Waals surface area contributed by atoms with Crippen LogP contribution in [0.4, 0.5) is 11.4 Å². The van der Waals surface area contributed by atoms with Crippen molar-refractivity contribution in [3.63, 3.8) is 0 Å². The van der Waals surface area contributed by atoms with Gasteiger partial charge in [0, 0.05) is 49.9 Å². The second kappa shape index (κ2) is 8.59. The van der Waals surface area contributed by atoms with Gasteiger partial charge in [-0.05, 0) is 48.6 Å². The summed E-state index contributed by atoms with van der Waals surface area (Å²) in [5, 5.41) is 14.0. The Morgan fingerprint density at radius 3 is 2.54 bits per heavy atom. The predicted octanol–water partition coefficient (Wildman–Crippen LogP) is 3.58. The standard InChI is InChI=1S/C23H28N4O/c1-26(20-5-3-2-4-6-20)21-9-7-18(8-10-21)15-25-22-13-19(14-23(22)28)16-27-12-11-24-17-27/h2-12,17,19,22-23,25,28H,13-16H2,1H3/t19?,22-,23-/m1/s1. The minimum Gasteiger partial charge on any atom is -0.391 e. The molecule has 1 saturated carbocycles. The van der Waals surface area contributed by atoms with Crippen LogP contribution in [0.5, 0.6) is 0 Å². The number of hydrogen-bond acceptors (Lipinski definition) is 4. The molecule has 5 nitrogen and oxygen atoms in total. The quantitative estimate of drug-likeness (QED) is 0.662. The number of para-hydroxylation sites is 1. The summed E-state index contributed by atoms with van der Waals surface area (Å²) in [7, 11) is 2.08. The first-order chi connectivity index (χ1) is 13.7. The van der Waals surface area contributed by atoms with E-state index in [1.54, 1.807) is 6.20 Å². The zero-order valence-corrected chi connectivity index (χ0v) is 16.3. The van der Waals surface area contributed by atoms with Crippen LogP contribution in [-0.4, -0.2) is 33.9 Å². The Morgan fingerprint density at radius 1 is 1.07 bits per heavy atom. The molecule has 5 heteroatoms. The topological polar surface area (TPSA) is 53.3 Å². The number of rotatable bonds is 7. The molecule has 0 bridgehead atoms. The van der Waals surface area contributed by atoms with Gasteiger partial charge in [0.1, 0.15) is 0 Å². The van der Waals surface area contributed by atoms with Crippen molar-refractivity contribution in [1.29, 1.82) is 0 Å². The molecular weight excluding hydrogens is 348 g/mol. The van der Waals surface area contributed by atoms with Gasteiger partial charge in [0.05, 0.1) is 12.4 Å². The van der Waals surface area contributed by atoms with Crippen LogP contribution < -0.4 is 10.2 Å². The Hall–Kier alpha value is -2.63. The summed E-state index contributed by atoms with van der Waals surface area (Å²) < 4.78 is 2.10. The first-order valence-corrected chi connectivity index (χ1v) is 9.94. The van der Waals surface area contributed by atoms with E-state index >= 15 is 0 Å². The Kier molecular flexibility index (Phi) is 5.74. The van der Waals surface area contributed by atoms with Crippen LogP contribution in [-0.2, 0) is 13.1 Å². The maximum absolute atomic E-state index is 10.4. The molecule has 0 spiro atoms. The largest absolute Gasteiger partial charge is 0.391 e. The molecule has 1 aromatic heterocycles. The molecule has 2 aromatic carbocycles. The molecule has 0 radical (unpaired) electrons.